The Hall–Kier alpha value is -1.96. The predicted molar refractivity (Wildman–Crippen MR) is 139 cm³/mol. The lowest BCUT2D eigenvalue weighted by Crippen LogP contribution is -2.29. The van der Waals surface area contributed by atoms with Crippen LogP contribution in [0.2, 0.25) is 0 Å². The molecule has 2 aromatic rings. The summed E-state index contributed by atoms with van der Waals surface area (Å²) in [5.41, 5.74) is 12.9. The van der Waals surface area contributed by atoms with Gasteiger partial charge < -0.3 is 9.47 Å². The zero-order valence-corrected chi connectivity index (χ0v) is 23.2. The highest BCUT2D eigenvalue weighted by molar-refractivity contribution is 5.63. The van der Waals surface area contributed by atoms with Crippen LogP contribution < -0.4 is 9.47 Å². The first-order chi connectivity index (χ1) is 14.6. The van der Waals surface area contributed by atoms with Gasteiger partial charge in [0.1, 0.15) is 17.1 Å². The van der Waals surface area contributed by atoms with Crippen molar-refractivity contribution in [3.63, 3.8) is 0 Å². The zero-order chi connectivity index (χ0) is 24.8. The highest BCUT2D eigenvalue weighted by atomic mass is 16.5. The van der Waals surface area contributed by atoms with Crippen LogP contribution in [0.15, 0.2) is 0 Å². The van der Waals surface area contributed by atoms with E-state index in [1.165, 1.54) is 55.6 Å². The van der Waals surface area contributed by atoms with Crippen LogP contribution in [0.4, 0.5) is 0 Å². The molecule has 0 aliphatic rings. The van der Waals surface area contributed by atoms with Crippen molar-refractivity contribution in [1.29, 1.82) is 0 Å². The average molecular weight is 439 g/mol. The van der Waals surface area contributed by atoms with Gasteiger partial charge in [0.2, 0.25) is 0 Å². The third-order valence-corrected chi connectivity index (χ3v) is 7.88. The molecule has 0 N–H and O–H groups in total. The summed E-state index contributed by atoms with van der Waals surface area (Å²) in [4.78, 5) is 0. The zero-order valence-electron chi connectivity index (χ0n) is 23.2. The molecule has 0 saturated carbocycles. The molecule has 0 unspecified atom stereocenters. The minimum Gasteiger partial charge on any atom is -0.493 e. The molecule has 178 valence electrons. The molecule has 0 radical (unpaired) electrons. The van der Waals surface area contributed by atoms with Crippen molar-refractivity contribution >= 4 is 0 Å². The Bertz CT molecular complexity index is 964. The molecule has 0 saturated heterocycles. The van der Waals surface area contributed by atoms with Gasteiger partial charge >= 0.3 is 0 Å². The fourth-order valence-electron chi connectivity index (χ4n) is 5.42. The average Bonchev–Trinajstić information content (AvgIpc) is 2.71. The second kappa shape index (κ2) is 9.12. The summed E-state index contributed by atoms with van der Waals surface area (Å²) in [5, 5.41) is 0. The van der Waals surface area contributed by atoms with Gasteiger partial charge in [-0.25, -0.2) is 0 Å². The van der Waals surface area contributed by atoms with E-state index in [9.17, 15) is 0 Å². The van der Waals surface area contributed by atoms with Crippen LogP contribution >= 0.6 is 0 Å². The predicted octanol–water partition coefficient (Wildman–Crippen LogP) is 8.45. The first-order valence-corrected chi connectivity index (χ1v) is 12.2. The van der Waals surface area contributed by atoms with E-state index >= 15 is 0 Å². The molecule has 0 bridgehead atoms. The van der Waals surface area contributed by atoms with Crippen LogP contribution in [0.1, 0.15) is 104 Å². The molecular formula is C30H46O2. The summed E-state index contributed by atoms with van der Waals surface area (Å²) in [6.45, 7) is 31.9. The molecule has 0 aromatic heterocycles. The maximum Gasteiger partial charge on any atom is 0.126 e. The normalized spacial score (nSPS) is 12.3. The lowest BCUT2D eigenvalue weighted by molar-refractivity contribution is 0.103. The van der Waals surface area contributed by atoms with Crippen LogP contribution in [0.25, 0.3) is 0 Å². The fraction of sp³-hybridized carbons (Fsp3) is 0.600. The van der Waals surface area contributed by atoms with Crippen LogP contribution in [0.5, 0.6) is 11.5 Å². The van der Waals surface area contributed by atoms with E-state index in [0.717, 1.165) is 17.9 Å². The number of rotatable bonds is 7. The first-order valence-electron chi connectivity index (χ1n) is 12.2. The number of benzene rings is 2. The van der Waals surface area contributed by atoms with Crippen LogP contribution in [-0.2, 0) is 5.41 Å². The summed E-state index contributed by atoms with van der Waals surface area (Å²) in [7, 11) is 0. The molecule has 2 nitrogen and oxygen atoms in total. The largest absolute Gasteiger partial charge is 0.493 e. The van der Waals surface area contributed by atoms with Gasteiger partial charge in [-0.05, 0) is 138 Å². The van der Waals surface area contributed by atoms with E-state index in [4.69, 9.17) is 9.47 Å². The second-order valence-electron chi connectivity index (χ2n) is 10.7. The number of hydrogen-bond donors (Lipinski definition) is 0. The number of hydrogen-bond acceptors (Lipinski definition) is 2. The molecule has 0 aliphatic carbocycles. The summed E-state index contributed by atoms with van der Waals surface area (Å²) in [6, 6.07) is 0. The molecule has 2 aromatic carbocycles. The van der Waals surface area contributed by atoms with Crippen molar-refractivity contribution in [1.82, 2.24) is 0 Å². The monoisotopic (exact) mass is 438 g/mol. The fourth-order valence-corrected chi connectivity index (χ4v) is 5.42. The van der Waals surface area contributed by atoms with Crippen molar-refractivity contribution in [2.24, 2.45) is 0 Å². The first kappa shape index (κ1) is 26.3. The van der Waals surface area contributed by atoms with E-state index in [0.29, 0.717) is 6.61 Å². The van der Waals surface area contributed by atoms with Gasteiger partial charge in [-0.15, -0.1) is 0 Å². The van der Waals surface area contributed by atoms with Crippen molar-refractivity contribution in [3.8, 4) is 11.5 Å². The van der Waals surface area contributed by atoms with Crippen molar-refractivity contribution in [2.45, 2.75) is 114 Å². The van der Waals surface area contributed by atoms with Crippen molar-refractivity contribution < 1.29 is 9.47 Å². The van der Waals surface area contributed by atoms with Gasteiger partial charge in [0, 0.05) is 5.41 Å². The van der Waals surface area contributed by atoms with E-state index in [-0.39, 0.29) is 11.0 Å². The Balaban J connectivity index is 2.84. The number of ether oxygens (including phenoxy) is 2. The topological polar surface area (TPSA) is 18.5 Å². The summed E-state index contributed by atoms with van der Waals surface area (Å²) < 4.78 is 12.6. The van der Waals surface area contributed by atoms with E-state index < -0.39 is 0 Å². The molecule has 0 aliphatic heterocycles. The van der Waals surface area contributed by atoms with E-state index in [1.807, 2.05) is 0 Å². The van der Waals surface area contributed by atoms with Crippen LogP contribution in [0, 0.1) is 55.4 Å². The highest BCUT2D eigenvalue weighted by Crippen LogP contribution is 2.46. The lowest BCUT2D eigenvalue weighted by atomic mass is 9.68. The third kappa shape index (κ3) is 4.30. The molecular weight excluding hydrogens is 392 g/mol. The van der Waals surface area contributed by atoms with Crippen molar-refractivity contribution in [3.05, 3.63) is 55.6 Å². The van der Waals surface area contributed by atoms with Gasteiger partial charge in [0.05, 0.1) is 6.61 Å². The smallest absolute Gasteiger partial charge is 0.126 e. The summed E-state index contributed by atoms with van der Waals surface area (Å²) in [6.07, 6.45) is 0.973. The Labute approximate surface area is 197 Å². The minimum atomic E-state index is -0.179. The van der Waals surface area contributed by atoms with Gasteiger partial charge in [0.25, 0.3) is 0 Å². The maximum absolute atomic E-state index is 6.56. The van der Waals surface area contributed by atoms with E-state index in [1.54, 1.807) is 0 Å². The quantitative estimate of drug-likeness (QED) is 0.432. The molecule has 32 heavy (non-hydrogen) atoms. The van der Waals surface area contributed by atoms with Gasteiger partial charge in [-0.1, -0.05) is 20.8 Å². The van der Waals surface area contributed by atoms with Gasteiger partial charge in [-0.2, -0.15) is 0 Å². The Morgan fingerprint density at radius 1 is 0.531 bits per heavy atom. The van der Waals surface area contributed by atoms with Crippen molar-refractivity contribution in [2.75, 3.05) is 6.61 Å². The van der Waals surface area contributed by atoms with Crippen LogP contribution in [0.3, 0.4) is 0 Å². The van der Waals surface area contributed by atoms with Gasteiger partial charge in [-0.3, -0.25) is 0 Å². The Morgan fingerprint density at radius 2 is 0.875 bits per heavy atom. The lowest BCUT2D eigenvalue weighted by Gasteiger charge is -2.37. The highest BCUT2D eigenvalue weighted by Gasteiger charge is 2.34. The second-order valence-corrected chi connectivity index (χ2v) is 10.7. The van der Waals surface area contributed by atoms with Gasteiger partial charge in [0.15, 0.2) is 0 Å². The molecule has 2 rings (SSSR count). The summed E-state index contributed by atoms with van der Waals surface area (Å²) >= 11 is 0. The molecule has 2 heteroatoms. The Morgan fingerprint density at radius 3 is 1.19 bits per heavy atom. The maximum atomic E-state index is 6.56. The minimum absolute atomic E-state index is 0.142. The molecule has 0 amide bonds. The van der Waals surface area contributed by atoms with E-state index in [2.05, 4.69) is 96.9 Å². The Kier molecular flexibility index (Phi) is 7.49. The third-order valence-electron chi connectivity index (χ3n) is 7.88. The van der Waals surface area contributed by atoms with Crippen LogP contribution in [-0.4, -0.2) is 12.2 Å². The standard InChI is InChI=1S/C30H46O2/c1-15-29(11,12)32-28-23(9)19(5)26(20(6)24(28)10)30(13,14)25-17(3)21(7)27(31-16-2)22(8)18(25)4/h15-16H2,1-14H3. The molecule has 0 heterocycles. The summed E-state index contributed by atoms with van der Waals surface area (Å²) in [5.74, 6) is 2.10. The molecule has 0 atom stereocenters. The molecule has 0 spiro atoms. The molecule has 0 fully saturated rings. The SMILES string of the molecule is CCOc1c(C)c(C)c(C(C)(C)c2c(C)c(C)c(OC(C)(C)CC)c(C)c2C)c(C)c1C.